The molecule has 6 heteroatoms. The molecule has 2 aromatic rings. The van der Waals surface area contributed by atoms with Crippen LogP contribution in [0, 0.1) is 17.8 Å². The van der Waals surface area contributed by atoms with Gasteiger partial charge in [0.15, 0.2) is 0 Å². The number of fused-ring (bicyclic) bond motifs is 1. The summed E-state index contributed by atoms with van der Waals surface area (Å²) in [6.07, 6.45) is 2.15. The first-order valence-corrected chi connectivity index (χ1v) is 10.3. The van der Waals surface area contributed by atoms with E-state index in [-0.39, 0.29) is 12.5 Å². The summed E-state index contributed by atoms with van der Waals surface area (Å²) in [5, 5.41) is 21.0. The van der Waals surface area contributed by atoms with Crippen molar-refractivity contribution < 1.29 is 10.2 Å². The van der Waals surface area contributed by atoms with Gasteiger partial charge in [0.25, 0.3) is 0 Å². The first kappa shape index (κ1) is 18.9. The van der Waals surface area contributed by atoms with E-state index in [2.05, 4.69) is 21.9 Å². The molecule has 5 nitrogen and oxygen atoms in total. The lowest BCUT2D eigenvalue weighted by Gasteiger charge is -2.33. The molecule has 0 aliphatic carbocycles. The molecular formula is C21H28ClN3O2. The number of anilines is 1. The maximum atomic E-state index is 9.90. The minimum absolute atomic E-state index is 0.220. The summed E-state index contributed by atoms with van der Waals surface area (Å²) < 4.78 is 0. The van der Waals surface area contributed by atoms with Crippen LogP contribution < -0.4 is 4.90 Å². The van der Waals surface area contributed by atoms with E-state index in [0.29, 0.717) is 18.4 Å². The molecule has 2 aliphatic rings. The van der Waals surface area contributed by atoms with Crippen molar-refractivity contribution in [2.75, 3.05) is 50.8 Å². The van der Waals surface area contributed by atoms with Crippen LogP contribution in [0.1, 0.15) is 12.8 Å². The molecule has 1 aromatic carbocycles. The van der Waals surface area contributed by atoms with E-state index in [0.717, 1.165) is 67.3 Å². The highest BCUT2D eigenvalue weighted by Crippen LogP contribution is 2.30. The van der Waals surface area contributed by atoms with E-state index < -0.39 is 0 Å². The van der Waals surface area contributed by atoms with Crippen LogP contribution >= 0.6 is 11.6 Å². The van der Waals surface area contributed by atoms with Crippen molar-refractivity contribution in [3.63, 3.8) is 0 Å². The molecule has 2 N–H and O–H groups in total. The van der Waals surface area contributed by atoms with Gasteiger partial charge in [-0.05, 0) is 68.1 Å². The van der Waals surface area contributed by atoms with Gasteiger partial charge in [-0.25, -0.2) is 4.98 Å². The lowest BCUT2D eigenvalue weighted by Crippen LogP contribution is -2.40. The van der Waals surface area contributed by atoms with E-state index in [1.165, 1.54) is 0 Å². The fourth-order valence-corrected chi connectivity index (χ4v) is 4.67. The molecule has 146 valence electrons. The minimum Gasteiger partial charge on any atom is -0.396 e. The van der Waals surface area contributed by atoms with Gasteiger partial charge in [-0.1, -0.05) is 11.6 Å². The topological polar surface area (TPSA) is 59.8 Å². The highest BCUT2D eigenvalue weighted by Gasteiger charge is 2.34. The normalized spacial score (nSPS) is 24.8. The largest absolute Gasteiger partial charge is 0.396 e. The highest BCUT2D eigenvalue weighted by molar-refractivity contribution is 6.31. The van der Waals surface area contributed by atoms with Crippen molar-refractivity contribution in [2.45, 2.75) is 12.8 Å². The quantitative estimate of drug-likeness (QED) is 0.823. The molecule has 2 saturated heterocycles. The van der Waals surface area contributed by atoms with Crippen LogP contribution in [-0.2, 0) is 0 Å². The number of likely N-dealkylation sites (tertiary alicyclic amines) is 1. The smallest absolute Gasteiger partial charge is 0.129 e. The second kappa shape index (κ2) is 8.31. The molecule has 27 heavy (non-hydrogen) atoms. The summed E-state index contributed by atoms with van der Waals surface area (Å²) in [7, 11) is 0. The Morgan fingerprint density at radius 3 is 2.52 bits per heavy atom. The predicted octanol–water partition coefficient (Wildman–Crippen LogP) is 2.64. The van der Waals surface area contributed by atoms with Gasteiger partial charge in [-0.2, -0.15) is 0 Å². The van der Waals surface area contributed by atoms with Crippen molar-refractivity contribution >= 4 is 28.3 Å². The molecule has 2 fully saturated rings. The van der Waals surface area contributed by atoms with Crippen molar-refractivity contribution in [1.29, 1.82) is 0 Å². The number of benzene rings is 1. The Kier molecular flexibility index (Phi) is 5.83. The maximum Gasteiger partial charge on any atom is 0.129 e. The molecule has 0 saturated carbocycles. The number of aromatic nitrogens is 1. The number of hydrogen-bond donors (Lipinski definition) is 2. The Balaban J connectivity index is 1.44. The summed E-state index contributed by atoms with van der Waals surface area (Å²) >= 11 is 6.07. The fourth-order valence-electron chi connectivity index (χ4n) is 4.48. The van der Waals surface area contributed by atoms with E-state index in [1.54, 1.807) is 0 Å². The van der Waals surface area contributed by atoms with Crippen molar-refractivity contribution in [1.82, 2.24) is 9.88 Å². The molecule has 2 aliphatic heterocycles. The molecule has 4 rings (SSSR count). The van der Waals surface area contributed by atoms with Gasteiger partial charge in [-0.3, -0.25) is 0 Å². The van der Waals surface area contributed by atoms with Gasteiger partial charge in [0.05, 0.1) is 5.52 Å². The zero-order chi connectivity index (χ0) is 18.8. The van der Waals surface area contributed by atoms with Crippen LogP contribution in [0.3, 0.4) is 0 Å². The number of halogens is 1. The molecular weight excluding hydrogens is 362 g/mol. The van der Waals surface area contributed by atoms with Crippen molar-refractivity contribution in [2.24, 2.45) is 17.8 Å². The first-order chi connectivity index (χ1) is 13.2. The first-order valence-electron chi connectivity index (χ1n) is 9.91. The fraction of sp³-hybridized carbons (Fsp3) is 0.571. The number of piperidine rings is 1. The van der Waals surface area contributed by atoms with Gasteiger partial charge >= 0.3 is 0 Å². The van der Waals surface area contributed by atoms with Crippen molar-refractivity contribution in [3.05, 3.63) is 35.4 Å². The molecule has 0 spiro atoms. The molecule has 0 amide bonds. The molecule has 3 heterocycles. The Morgan fingerprint density at radius 1 is 1.00 bits per heavy atom. The zero-order valence-electron chi connectivity index (χ0n) is 15.6. The average molecular weight is 390 g/mol. The third-order valence-corrected chi connectivity index (χ3v) is 6.46. The zero-order valence-corrected chi connectivity index (χ0v) is 16.4. The van der Waals surface area contributed by atoms with Crippen LogP contribution in [0.2, 0.25) is 5.02 Å². The van der Waals surface area contributed by atoms with Crippen LogP contribution in [-0.4, -0.2) is 66.0 Å². The van der Waals surface area contributed by atoms with Gasteiger partial charge in [-0.15, -0.1) is 0 Å². The second-order valence-electron chi connectivity index (χ2n) is 8.04. The van der Waals surface area contributed by atoms with Crippen LogP contribution in [0.5, 0.6) is 0 Å². The summed E-state index contributed by atoms with van der Waals surface area (Å²) in [5.41, 5.74) is 0.951. The van der Waals surface area contributed by atoms with E-state index in [4.69, 9.17) is 16.6 Å². The van der Waals surface area contributed by atoms with Crippen LogP contribution in [0.15, 0.2) is 30.3 Å². The molecule has 2 atom stereocenters. The predicted molar refractivity (Wildman–Crippen MR) is 109 cm³/mol. The number of rotatable bonds is 5. The third-order valence-electron chi connectivity index (χ3n) is 6.23. The van der Waals surface area contributed by atoms with E-state index in [1.807, 2.05) is 18.2 Å². The van der Waals surface area contributed by atoms with E-state index >= 15 is 0 Å². The Morgan fingerprint density at radius 2 is 1.78 bits per heavy atom. The Labute approximate surface area is 165 Å². The van der Waals surface area contributed by atoms with Crippen molar-refractivity contribution in [3.8, 4) is 0 Å². The minimum atomic E-state index is 0.220. The standard InChI is InChI=1S/C21H28ClN3O2/c22-19-2-3-20-16(9-19)1-4-21(23-20)25-11-17(18(12-25)14-27)10-24-7-5-15(13-26)6-8-24/h1-4,9,15,17-18,26-27H,5-8,10-14H2/t17-,18-/m1/s1. The molecule has 1 aromatic heterocycles. The van der Waals surface area contributed by atoms with E-state index in [9.17, 15) is 10.2 Å². The molecule has 0 unspecified atom stereocenters. The van der Waals surface area contributed by atoms with Gasteiger partial charge in [0.1, 0.15) is 5.82 Å². The highest BCUT2D eigenvalue weighted by atomic mass is 35.5. The van der Waals surface area contributed by atoms with Gasteiger partial charge < -0.3 is 20.0 Å². The number of nitrogens with zero attached hydrogens (tertiary/aromatic N) is 3. The average Bonchev–Trinajstić information content (AvgIpc) is 3.11. The monoisotopic (exact) mass is 389 g/mol. The number of hydrogen-bond acceptors (Lipinski definition) is 5. The van der Waals surface area contributed by atoms with Crippen LogP contribution in [0.4, 0.5) is 5.82 Å². The maximum absolute atomic E-state index is 9.90. The second-order valence-corrected chi connectivity index (χ2v) is 8.48. The Hall–Kier alpha value is -1.40. The van der Waals surface area contributed by atoms with Crippen LogP contribution in [0.25, 0.3) is 10.9 Å². The SMILES string of the molecule is OCC1CCN(C[C@@H]2CN(c3ccc4cc(Cl)ccc4n3)C[C@@H]2CO)CC1. The Bertz CT molecular complexity index is 779. The molecule has 0 radical (unpaired) electrons. The summed E-state index contributed by atoms with van der Waals surface area (Å²) in [6, 6.07) is 9.91. The van der Waals surface area contributed by atoms with Gasteiger partial charge in [0.2, 0.25) is 0 Å². The summed E-state index contributed by atoms with van der Waals surface area (Å²) in [4.78, 5) is 9.62. The number of aliphatic hydroxyl groups excluding tert-OH is 2. The third kappa shape index (κ3) is 4.21. The lowest BCUT2D eigenvalue weighted by molar-refractivity contribution is 0.106. The number of aliphatic hydroxyl groups is 2. The summed E-state index contributed by atoms with van der Waals surface area (Å²) in [5.74, 6) is 2.17. The lowest BCUT2D eigenvalue weighted by atomic mass is 9.93. The molecule has 0 bridgehead atoms. The van der Waals surface area contributed by atoms with Gasteiger partial charge in [0, 0.05) is 49.2 Å². The number of pyridine rings is 1. The summed E-state index contributed by atoms with van der Waals surface area (Å²) in [6.45, 7) is 5.42.